The second-order valence-electron chi connectivity index (χ2n) is 5.41. The van der Waals surface area contributed by atoms with Crippen molar-refractivity contribution in [3.8, 4) is 6.01 Å². The fourth-order valence-corrected chi connectivity index (χ4v) is 2.14. The third-order valence-corrected chi connectivity index (χ3v) is 3.15. The Morgan fingerprint density at radius 3 is 2.62 bits per heavy atom. The van der Waals surface area contributed by atoms with E-state index in [0.29, 0.717) is 23.8 Å². The van der Waals surface area contributed by atoms with Crippen LogP contribution < -0.4 is 15.4 Å². The summed E-state index contributed by atoms with van der Waals surface area (Å²) >= 11 is 0. The van der Waals surface area contributed by atoms with Crippen molar-refractivity contribution < 1.29 is 9.47 Å². The fraction of sp³-hybridized carbons (Fsp3) is 0.786. The van der Waals surface area contributed by atoms with E-state index in [1.165, 1.54) is 0 Å². The van der Waals surface area contributed by atoms with Crippen LogP contribution in [0.3, 0.4) is 0 Å². The molecule has 118 valence electrons. The van der Waals surface area contributed by atoms with Gasteiger partial charge in [0.15, 0.2) is 0 Å². The minimum absolute atomic E-state index is 0.0327. The van der Waals surface area contributed by atoms with E-state index < -0.39 is 0 Å². The quantitative estimate of drug-likeness (QED) is 0.758. The van der Waals surface area contributed by atoms with Crippen molar-refractivity contribution >= 4 is 11.9 Å². The summed E-state index contributed by atoms with van der Waals surface area (Å²) in [4.78, 5) is 12.9. The molecule has 0 amide bonds. The van der Waals surface area contributed by atoms with Crippen molar-refractivity contribution in [2.24, 2.45) is 5.92 Å². The third kappa shape index (κ3) is 5.34. The van der Waals surface area contributed by atoms with E-state index >= 15 is 0 Å². The zero-order valence-electron chi connectivity index (χ0n) is 13.1. The predicted molar refractivity (Wildman–Crippen MR) is 81.8 cm³/mol. The molecule has 0 bridgehead atoms. The van der Waals surface area contributed by atoms with Crippen LogP contribution in [0.1, 0.15) is 33.6 Å². The maximum atomic E-state index is 5.56. The maximum absolute atomic E-state index is 5.56. The Bertz CT molecular complexity index is 435. The minimum atomic E-state index is 0.0327. The molecule has 1 fully saturated rings. The van der Waals surface area contributed by atoms with Gasteiger partial charge in [0.2, 0.25) is 11.9 Å². The average Bonchev–Trinajstić information content (AvgIpc) is 2.91. The summed E-state index contributed by atoms with van der Waals surface area (Å²) in [6.07, 6.45) is 2.23. The van der Waals surface area contributed by atoms with Crippen LogP contribution in [0.2, 0.25) is 0 Å². The molecule has 0 radical (unpaired) electrons. The monoisotopic (exact) mass is 295 g/mol. The van der Waals surface area contributed by atoms with E-state index in [1.807, 2.05) is 20.8 Å². The smallest absolute Gasteiger partial charge is 0.323 e. The molecule has 7 heteroatoms. The Labute approximate surface area is 125 Å². The highest BCUT2D eigenvalue weighted by Crippen LogP contribution is 2.17. The number of hydrogen-bond donors (Lipinski definition) is 2. The van der Waals surface area contributed by atoms with E-state index in [0.717, 1.165) is 39.1 Å². The van der Waals surface area contributed by atoms with Crippen LogP contribution in [-0.2, 0) is 4.74 Å². The van der Waals surface area contributed by atoms with Gasteiger partial charge in [-0.1, -0.05) is 0 Å². The van der Waals surface area contributed by atoms with Gasteiger partial charge in [0.25, 0.3) is 0 Å². The molecule has 1 unspecified atom stereocenters. The predicted octanol–water partition coefficient (Wildman–Crippen LogP) is 1.93. The molecule has 7 nitrogen and oxygen atoms in total. The molecule has 1 aromatic heterocycles. The van der Waals surface area contributed by atoms with Gasteiger partial charge in [0, 0.05) is 26.3 Å². The summed E-state index contributed by atoms with van der Waals surface area (Å²) in [5.41, 5.74) is 0. The van der Waals surface area contributed by atoms with Crippen LogP contribution in [0.15, 0.2) is 0 Å². The first-order valence-corrected chi connectivity index (χ1v) is 7.65. The molecule has 21 heavy (non-hydrogen) atoms. The van der Waals surface area contributed by atoms with E-state index in [1.54, 1.807) is 0 Å². The van der Waals surface area contributed by atoms with Crippen molar-refractivity contribution in [2.45, 2.75) is 39.7 Å². The number of aromatic nitrogens is 3. The summed E-state index contributed by atoms with van der Waals surface area (Å²) in [5.74, 6) is 1.73. The van der Waals surface area contributed by atoms with Gasteiger partial charge in [0.05, 0.1) is 6.10 Å². The number of hydrogen-bond acceptors (Lipinski definition) is 7. The Morgan fingerprint density at radius 1 is 1.24 bits per heavy atom. The summed E-state index contributed by atoms with van der Waals surface area (Å²) in [5, 5.41) is 6.34. The highest BCUT2D eigenvalue weighted by atomic mass is 16.5. The summed E-state index contributed by atoms with van der Waals surface area (Å²) in [6.45, 7) is 9.22. The number of rotatable bonds is 8. The molecular formula is C14H25N5O2. The molecule has 1 atom stereocenters. The lowest BCUT2D eigenvalue weighted by Gasteiger charge is -2.12. The Morgan fingerprint density at radius 2 is 2.00 bits per heavy atom. The fourth-order valence-electron chi connectivity index (χ4n) is 2.14. The van der Waals surface area contributed by atoms with E-state index in [-0.39, 0.29) is 6.10 Å². The molecule has 0 aliphatic carbocycles. The maximum Gasteiger partial charge on any atom is 0.323 e. The summed E-state index contributed by atoms with van der Waals surface area (Å²) < 4.78 is 10.9. The average molecular weight is 295 g/mol. The number of nitrogens with one attached hydrogen (secondary N) is 2. The van der Waals surface area contributed by atoms with Crippen LogP contribution in [0, 0.1) is 5.92 Å². The van der Waals surface area contributed by atoms with Gasteiger partial charge in [-0.2, -0.15) is 15.0 Å². The molecule has 2 rings (SSSR count). The Hall–Kier alpha value is -1.63. The lowest BCUT2D eigenvalue weighted by Crippen LogP contribution is -2.15. The van der Waals surface area contributed by atoms with E-state index in [2.05, 4.69) is 25.6 Å². The lowest BCUT2D eigenvalue weighted by atomic mass is 10.1. The van der Waals surface area contributed by atoms with Gasteiger partial charge in [-0.15, -0.1) is 0 Å². The minimum Gasteiger partial charge on any atom is -0.461 e. The number of nitrogens with zero attached hydrogens (tertiary/aromatic N) is 3. The Kier molecular flexibility index (Phi) is 5.98. The SMILES string of the molecule is CCNc1nc(NCCC2CCOC2)nc(OC(C)C)n1. The number of ether oxygens (including phenoxy) is 2. The van der Waals surface area contributed by atoms with Gasteiger partial charge in [-0.25, -0.2) is 0 Å². The van der Waals surface area contributed by atoms with Gasteiger partial charge in [0.1, 0.15) is 0 Å². The molecule has 1 aliphatic rings. The second-order valence-corrected chi connectivity index (χ2v) is 5.41. The van der Waals surface area contributed by atoms with Crippen molar-refractivity contribution in [3.05, 3.63) is 0 Å². The van der Waals surface area contributed by atoms with Crippen LogP contribution in [-0.4, -0.2) is 47.4 Å². The van der Waals surface area contributed by atoms with Gasteiger partial charge in [-0.05, 0) is 39.5 Å². The normalized spacial score (nSPS) is 18.0. The third-order valence-electron chi connectivity index (χ3n) is 3.15. The van der Waals surface area contributed by atoms with Crippen molar-refractivity contribution in [1.29, 1.82) is 0 Å². The second kappa shape index (κ2) is 7.97. The zero-order valence-corrected chi connectivity index (χ0v) is 13.1. The molecule has 1 aromatic rings. The topological polar surface area (TPSA) is 81.2 Å². The first kappa shape index (κ1) is 15.8. The molecule has 1 aliphatic heterocycles. The lowest BCUT2D eigenvalue weighted by molar-refractivity contribution is 0.185. The van der Waals surface area contributed by atoms with Gasteiger partial charge < -0.3 is 20.1 Å². The van der Waals surface area contributed by atoms with Crippen LogP contribution >= 0.6 is 0 Å². The molecular weight excluding hydrogens is 270 g/mol. The molecule has 2 N–H and O–H groups in total. The summed E-state index contributed by atoms with van der Waals surface area (Å²) in [7, 11) is 0. The van der Waals surface area contributed by atoms with Crippen molar-refractivity contribution in [1.82, 2.24) is 15.0 Å². The van der Waals surface area contributed by atoms with Gasteiger partial charge >= 0.3 is 6.01 Å². The highest BCUT2D eigenvalue weighted by molar-refractivity contribution is 5.35. The largest absolute Gasteiger partial charge is 0.461 e. The van der Waals surface area contributed by atoms with Crippen LogP contribution in [0.25, 0.3) is 0 Å². The molecule has 2 heterocycles. The van der Waals surface area contributed by atoms with Crippen LogP contribution in [0.4, 0.5) is 11.9 Å². The van der Waals surface area contributed by atoms with Gasteiger partial charge in [-0.3, -0.25) is 0 Å². The standard InChI is InChI=1S/C14H25N5O2/c1-4-15-12-17-13(19-14(18-12)21-10(2)3)16-7-5-11-6-8-20-9-11/h10-11H,4-9H2,1-3H3,(H2,15,16,17,18,19). The van der Waals surface area contributed by atoms with Crippen molar-refractivity contribution in [2.75, 3.05) is 36.9 Å². The summed E-state index contributed by atoms with van der Waals surface area (Å²) in [6, 6.07) is 0.350. The molecule has 0 aromatic carbocycles. The van der Waals surface area contributed by atoms with E-state index in [4.69, 9.17) is 9.47 Å². The first-order valence-electron chi connectivity index (χ1n) is 7.65. The highest BCUT2D eigenvalue weighted by Gasteiger charge is 2.15. The Balaban J connectivity index is 1.93. The molecule has 0 spiro atoms. The van der Waals surface area contributed by atoms with Crippen LogP contribution in [0.5, 0.6) is 6.01 Å². The molecule has 0 saturated carbocycles. The van der Waals surface area contributed by atoms with Crippen molar-refractivity contribution in [3.63, 3.8) is 0 Å². The van der Waals surface area contributed by atoms with E-state index in [9.17, 15) is 0 Å². The molecule has 1 saturated heterocycles. The first-order chi connectivity index (χ1) is 10.2. The zero-order chi connectivity index (χ0) is 15.1. The number of anilines is 2.